The van der Waals surface area contributed by atoms with Gasteiger partial charge in [0.25, 0.3) is 0 Å². The number of aliphatic carboxylic acids is 8. The van der Waals surface area contributed by atoms with Gasteiger partial charge in [0.2, 0.25) is 5.91 Å². The number of aryl methyl sites for hydroxylation is 2. The van der Waals surface area contributed by atoms with E-state index in [9.17, 15) is 57.5 Å². The SMILES string of the molecule is CC(C(=O)O)C1CCCCC1.CC(CC(N)=O)C(=O)O.CC(CCCCC(=N)N)C(=O)O.CC(CCc1ccccc1)C(=O)O.CC(CCc1ccccc1)C(=O)O.CC(Cc1ccc(O)cc1)C(=O)O.CC(Cc1cnc[nH]1)C(=O)O.CCOC(=O)c1ccc(COC(=O)C(C)C)cc1.COC(=O)CCC(C)C(=O)O. The number of carbonyl (C=O) groups excluding carboxylic acids is 4. The molecule has 6 rings (SSSR count). The summed E-state index contributed by atoms with van der Waals surface area (Å²) in [6.45, 7) is 19.2. The molecule has 1 amide bonds. The van der Waals surface area contributed by atoms with Gasteiger partial charge < -0.3 is 76.6 Å². The standard InChI is InChI=1S/C14H18O4.2C11H14O2.C10H12O3.C9H16O2.C8H16N2O2.C7H10N2O2.C7H12O4.C5H9NO3/c1-4-17-14(16)12-7-5-11(6-8-12)9-18-13(15)10(2)3;2*1-9(11(12)13)7-8-10-5-3-2-4-6-10;1-7(10(12)13)6-8-2-4-9(11)5-3-8;1-7(9(10)11)8-5-3-2-4-6-8;1-6(8(11)12)4-2-3-5-7(9)10;1-5(7(10)11)2-6-3-8-4-9-6;1-5(7(9)10)3-4-6(8)11-2;1-3(5(8)9)2-4(6)7/h5-8,10H,4,9H2,1-3H3;2*2-6,9H,7-8H2,1H3,(H,12,13);2-5,7,11H,6H2,1H3,(H,12,13);7-8H,2-6H2,1H3,(H,10,11);6H,2-5H2,1H3,(H3,9,10)(H,11,12);3-5H,2H2,1H3,(H,8,9)(H,10,11);5H,3-4H2,1-2H3,(H,9,10);3H,2H2,1H3,(H2,6,7)(H,8,9). The van der Waals surface area contributed by atoms with Crippen LogP contribution in [0.1, 0.15) is 204 Å². The number of benzene rings is 4. The number of phenolic OH excluding ortho intramolecular Hbond substituents is 1. The highest BCUT2D eigenvalue weighted by molar-refractivity contribution is 5.89. The van der Waals surface area contributed by atoms with Crippen molar-refractivity contribution in [3.8, 4) is 5.75 Å². The molecule has 8 atom stereocenters. The number of imidazole rings is 1. The number of hydrogen-bond acceptors (Lipinski definition) is 18. The minimum Gasteiger partial charge on any atom is -0.508 e. The van der Waals surface area contributed by atoms with Crippen LogP contribution >= 0.6 is 0 Å². The quantitative estimate of drug-likeness (QED) is 0.00598. The van der Waals surface area contributed by atoms with Crippen LogP contribution in [0.2, 0.25) is 0 Å². The summed E-state index contributed by atoms with van der Waals surface area (Å²) >= 11 is 0. The molecule has 0 spiro atoms. The number of hydrogen-bond donors (Lipinski definition) is 13. The molecule has 1 aromatic heterocycles. The van der Waals surface area contributed by atoms with E-state index in [0.717, 1.165) is 55.3 Å². The summed E-state index contributed by atoms with van der Waals surface area (Å²) in [6, 6.07) is 33.3. The van der Waals surface area contributed by atoms with Gasteiger partial charge in [0.05, 0.1) is 84.7 Å². The number of nitrogens with zero attached hydrogens (tertiary/aromatic N) is 1. The van der Waals surface area contributed by atoms with Gasteiger partial charge in [0, 0.05) is 37.6 Å². The van der Waals surface area contributed by atoms with Crippen molar-refractivity contribution < 1.29 is 118 Å². The topological polar surface area (TPSA) is 519 Å². The lowest BCUT2D eigenvalue weighted by Gasteiger charge is -2.24. The molecule has 29 heteroatoms. The van der Waals surface area contributed by atoms with Gasteiger partial charge in [-0.1, -0.05) is 180 Å². The van der Waals surface area contributed by atoms with E-state index in [1.165, 1.54) is 44.4 Å². The first kappa shape index (κ1) is 104. The van der Waals surface area contributed by atoms with Crippen molar-refractivity contribution in [2.45, 2.75) is 198 Å². The Balaban J connectivity index is -0.00000119. The fourth-order valence-corrected chi connectivity index (χ4v) is 9.14. The average Bonchev–Trinajstić information content (AvgIpc) is 0.987. The van der Waals surface area contributed by atoms with Crippen LogP contribution in [-0.4, -0.2) is 147 Å². The van der Waals surface area contributed by atoms with Gasteiger partial charge in [0.15, 0.2) is 0 Å². The number of phenols is 1. The number of ether oxygens (including phenoxy) is 3. The zero-order valence-electron chi connectivity index (χ0n) is 66.2. The highest BCUT2D eigenvalue weighted by atomic mass is 16.5. The number of primary amides is 1. The van der Waals surface area contributed by atoms with E-state index in [4.69, 9.17) is 72.3 Å². The lowest BCUT2D eigenvalue weighted by atomic mass is 9.81. The summed E-state index contributed by atoms with van der Waals surface area (Å²) in [5, 5.41) is 84.3. The average molecular weight is 1560 g/mol. The molecule has 1 aliphatic rings. The molecule has 8 unspecified atom stereocenters. The Bertz CT molecular complexity index is 3420. The van der Waals surface area contributed by atoms with Crippen molar-refractivity contribution in [2.75, 3.05) is 13.7 Å². The molecule has 111 heavy (non-hydrogen) atoms. The molecule has 15 N–H and O–H groups in total. The van der Waals surface area contributed by atoms with Crippen molar-refractivity contribution in [3.05, 3.63) is 155 Å². The van der Waals surface area contributed by atoms with Crippen LogP contribution in [0.5, 0.6) is 5.75 Å². The number of esters is 3. The van der Waals surface area contributed by atoms with Gasteiger partial charge in [-0.05, 0) is 124 Å². The van der Waals surface area contributed by atoms with Crippen molar-refractivity contribution in [1.29, 1.82) is 5.41 Å². The molecule has 618 valence electrons. The minimum atomic E-state index is -0.992. The van der Waals surface area contributed by atoms with Crippen molar-refractivity contribution in [1.82, 2.24) is 9.97 Å². The summed E-state index contributed by atoms with van der Waals surface area (Å²) in [7, 11) is 1.29. The van der Waals surface area contributed by atoms with E-state index in [1.54, 1.807) is 123 Å². The number of carbonyl (C=O) groups is 12. The first-order chi connectivity index (χ1) is 52.1. The smallest absolute Gasteiger partial charge is 0.338 e. The minimum absolute atomic E-state index is 0.0880. The second-order valence-electron chi connectivity index (χ2n) is 27.1. The second-order valence-corrected chi connectivity index (χ2v) is 27.1. The molecule has 4 aromatic carbocycles. The van der Waals surface area contributed by atoms with Gasteiger partial charge in [-0.3, -0.25) is 58.1 Å². The summed E-state index contributed by atoms with van der Waals surface area (Å²) < 4.78 is 14.3. The van der Waals surface area contributed by atoms with Crippen LogP contribution in [0.15, 0.2) is 122 Å². The largest absolute Gasteiger partial charge is 0.508 e. The zero-order chi connectivity index (χ0) is 85.1. The maximum absolute atomic E-state index is 11.4. The van der Waals surface area contributed by atoms with Gasteiger partial charge >= 0.3 is 65.7 Å². The fraction of sp³-hybridized carbons (Fsp3) is 0.512. The van der Waals surface area contributed by atoms with Crippen molar-refractivity contribution in [2.24, 2.45) is 70.6 Å². The molecule has 0 radical (unpaired) electrons. The zero-order valence-corrected chi connectivity index (χ0v) is 66.2. The van der Waals surface area contributed by atoms with Gasteiger partial charge in [0.1, 0.15) is 12.4 Å². The van der Waals surface area contributed by atoms with E-state index < -0.39 is 65.5 Å². The Hall–Kier alpha value is -11.0. The maximum atomic E-state index is 11.4. The number of rotatable bonds is 34. The molecular formula is C82H121N5O24. The van der Waals surface area contributed by atoms with Crippen LogP contribution in [0.25, 0.3) is 0 Å². The molecule has 1 fully saturated rings. The molecule has 1 heterocycles. The molecule has 5 aromatic rings. The number of unbranched alkanes of at least 4 members (excludes halogenated alkanes) is 1. The first-order valence-corrected chi connectivity index (χ1v) is 36.9. The van der Waals surface area contributed by atoms with E-state index in [0.29, 0.717) is 63.0 Å². The maximum Gasteiger partial charge on any atom is 0.338 e. The van der Waals surface area contributed by atoms with E-state index in [2.05, 4.69) is 14.7 Å². The van der Waals surface area contributed by atoms with Crippen molar-refractivity contribution in [3.63, 3.8) is 0 Å². The number of carboxylic acid groups (broad SMARTS) is 8. The number of amidine groups is 1. The van der Waals surface area contributed by atoms with Gasteiger partial charge in [-0.25, -0.2) is 9.78 Å². The third kappa shape index (κ3) is 56.9. The van der Waals surface area contributed by atoms with Crippen LogP contribution in [0.3, 0.4) is 0 Å². The predicted molar refractivity (Wildman–Crippen MR) is 417 cm³/mol. The normalized spacial score (nSPS) is 13.1. The number of aromatic amines is 1. The number of aromatic hydroxyl groups is 1. The Kier molecular flexibility index (Phi) is 58.0. The second kappa shape index (κ2) is 61.8. The molecule has 1 aliphatic carbocycles. The van der Waals surface area contributed by atoms with E-state index >= 15 is 0 Å². The number of nitrogens with two attached hydrogens (primary N) is 2. The fourth-order valence-electron chi connectivity index (χ4n) is 9.14. The monoisotopic (exact) mass is 1560 g/mol. The van der Waals surface area contributed by atoms with Crippen LogP contribution in [0.4, 0.5) is 0 Å². The molecule has 29 nitrogen and oxygen atoms in total. The van der Waals surface area contributed by atoms with Gasteiger partial charge in [-0.2, -0.15) is 0 Å². The lowest BCUT2D eigenvalue weighted by molar-refractivity contribution is -0.149. The van der Waals surface area contributed by atoms with E-state index in [-0.39, 0.29) is 90.4 Å². The lowest BCUT2D eigenvalue weighted by Crippen LogP contribution is -2.22. The number of methoxy groups -OCH3 is 1. The summed E-state index contributed by atoms with van der Waals surface area (Å²) in [5.41, 5.74) is 15.4. The Morgan fingerprint density at radius 3 is 1.31 bits per heavy atom. The highest BCUT2D eigenvalue weighted by Crippen LogP contribution is 2.30. The van der Waals surface area contributed by atoms with Gasteiger partial charge in [-0.15, -0.1) is 0 Å². The predicted octanol–water partition coefficient (Wildman–Crippen LogP) is 13.3. The molecular weight excluding hydrogens is 1440 g/mol. The first-order valence-electron chi connectivity index (χ1n) is 36.9. The number of H-pyrrole nitrogens is 1. The third-order valence-corrected chi connectivity index (χ3v) is 16.8. The molecule has 1 saturated carbocycles. The number of amides is 1. The molecule has 0 bridgehead atoms. The Morgan fingerprint density at radius 2 is 0.928 bits per heavy atom. The van der Waals surface area contributed by atoms with Crippen LogP contribution in [0, 0.1) is 64.6 Å². The Morgan fingerprint density at radius 1 is 0.495 bits per heavy atom. The number of aromatic nitrogens is 2. The highest BCUT2D eigenvalue weighted by Gasteiger charge is 2.25. The summed E-state index contributed by atoms with van der Waals surface area (Å²) in [5.74, 6) is -9.87. The third-order valence-electron chi connectivity index (χ3n) is 16.8. The van der Waals surface area contributed by atoms with Crippen LogP contribution in [-0.2, 0) is 99.2 Å². The van der Waals surface area contributed by atoms with Crippen molar-refractivity contribution >= 4 is 77.4 Å². The van der Waals surface area contributed by atoms with E-state index in [1.807, 2.05) is 67.6 Å². The number of nitrogens with one attached hydrogen (secondary N) is 2. The Labute approximate surface area is 651 Å². The number of carboxylic acids is 8. The summed E-state index contributed by atoms with van der Waals surface area (Å²) in [6.07, 6.45) is 16.6. The molecule has 0 saturated heterocycles. The molecule has 0 aliphatic heterocycles. The van der Waals surface area contributed by atoms with Crippen LogP contribution < -0.4 is 11.5 Å². The summed E-state index contributed by atoms with van der Waals surface area (Å²) in [4.78, 5) is 133.